The lowest BCUT2D eigenvalue weighted by Gasteiger charge is -2.18. The van der Waals surface area contributed by atoms with Crippen molar-refractivity contribution in [3.05, 3.63) is 107 Å². The van der Waals surface area contributed by atoms with E-state index in [4.69, 9.17) is 4.74 Å². The molecule has 0 aliphatic heterocycles. The molecule has 3 rings (SSSR count). The molecule has 9 heteroatoms. The van der Waals surface area contributed by atoms with Gasteiger partial charge < -0.3 is 25.8 Å². The maximum atomic E-state index is 12.7. The van der Waals surface area contributed by atoms with Gasteiger partial charge in [0, 0.05) is 24.2 Å². The second-order valence-corrected chi connectivity index (χ2v) is 9.11. The normalized spacial score (nSPS) is 12.9. The number of rotatable bonds is 12. The van der Waals surface area contributed by atoms with E-state index >= 15 is 0 Å². The highest BCUT2D eigenvalue weighted by Crippen LogP contribution is 2.19. The molecule has 204 valence electrons. The van der Waals surface area contributed by atoms with Crippen LogP contribution in [-0.2, 0) is 20.9 Å². The zero-order valence-electron chi connectivity index (χ0n) is 21.9. The fraction of sp³-hybridized carbons (Fsp3) is 0.267. The quantitative estimate of drug-likeness (QED) is 0.266. The minimum Gasteiger partial charge on any atom is -0.445 e. The van der Waals surface area contributed by atoms with Gasteiger partial charge in [-0.25, -0.2) is 4.79 Å². The maximum Gasteiger partial charge on any atom is 0.408 e. The molecule has 0 saturated heterocycles. The minimum absolute atomic E-state index is 0.0749. The lowest BCUT2D eigenvalue weighted by atomic mass is 9.95. The van der Waals surface area contributed by atoms with Gasteiger partial charge in [-0.15, -0.1) is 0 Å². The summed E-state index contributed by atoms with van der Waals surface area (Å²) >= 11 is 0. The highest BCUT2D eigenvalue weighted by molar-refractivity contribution is 6.09. The van der Waals surface area contributed by atoms with Gasteiger partial charge in [-0.2, -0.15) is 0 Å². The molecule has 2 unspecified atom stereocenters. The van der Waals surface area contributed by atoms with Crippen molar-refractivity contribution in [3.8, 4) is 0 Å². The minimum atomic E-state index is -1.05. The topological polar surface area (TPSA) is 134 Å². The molecule has 3 amide bonds. The summed E-state index contributed by atoms with van der Waals surface area (Å²) in [5.74, 6) is -1.54. The van der Waals surface area contributed by atoms with E-state index in [1.54, 1.807) is 55.5 Å². The van der Waals surface area contributed by atoms with Gasteiger partial charge in [0.2, 0.25) is 11.8 Å². The van der Waals surface area contributed by atoms with Crippen LogP contribution in [0.15, 0.2) is 84.9 Å². The van der Waals surface area contributed by atoms with Gasteiger partial charge in [-0.1, -0.05) is 78.9 Å². The van der Waals surface area contributed by atoms with Gasteiger partial charge in [-0.05, 0) is 31.0 Å². The van der Waals surface area contributed by atoms with Crippen LogP contribution >= 0.6 is 0 Å². The summed E-state index contributed by atoms with van der Waals surface area (Å²) in [5.41, 5.74) is 2.52. The molecule has 39 heavy (non-hydrogen) atoms. The molecule has 3 aromatic rings. The lowest BCUT2D eigenvalue weighted by molar-refractivity contribution is -0.123. The number of benzene rings is 3. The third-order valence-electron chi connectivity index (χ3n) is 6.04. The van der Waals surface area contributed by atoms with Crippen molar-refractivity contribution in [1.29, 1.82) is 0 Å². The molecule has 0 spiro atoms. The highest BCUT2D eigenvalue weighted by Gasteiger charge is 2.20. The largest absolute Gasteiger partial charge is 0.445 e. The Morgan fingerprint density at radius 1 is 0.769 bits per heavy atom. The summed E-state index contributed by atoms with van der Waals surface area (Å²) in [5, 5.41) is 17.9. The summed E-state index contributed by atoms with van der Waals surface area (Å²) < 4.78 is 5.10. The van der Waals surface area contributed by atoms with Crippen molar-refractivity contribution >= 4 is 23.7 Å². The number of alkyl carbamates (subject to hydrolysis) is 1. The predicted octanol–water partition coefficient (Wildman–Crippen LogP) is 2.93. The summed E-state index contributed by atoms with van der Waals surface area (Å²) in [6, 6.07) is 24.0. The number of carbonyl (C=O) groups is 4. The molecule has 3 aromatic carbocycles. The first kappa shape index (κ1) is 29.1. The molecule has 0 heterocycles. The summed E-state index contributed by atoms with van der Waals surface area (Å²) in [4.78, 5) is 49.6. The van der Waals surface area contributed by atoms with Crippen LogP contribution in [0.5, 0.6) is 0 Å². The van der Waals surface area contributed by atoms with E-state index in [0.717, 1.165) is 5.56 Å². The lowest BCUT2D eigenvalue weighted by Crippen LogP contribution is -2.48. The van der Waals surface area contributed by atoms with Crippen molar-refractivity contribution in [3.63, 3.8) is 0 Å². The Balaban J connectivity index is 1.40. The average molecular weight is 532 g/mol. The van der Waals surface area contributed by atoms with E-state index in [-0.39, 0.29) is 31.4 Å². The van der Waals surface area contributed by atoms with E-state index in [9.17, 15) is 24.3 Å². The Hall–Kier alpha value is -4.50. The molecular formula is C30H33N3O6. The molecule has 0 radical (unpaired) electrons. The highest BCUT2D eigenvalue weighted by atomic mass is 16.5. The first-order chi connectivity index (χ1) is 18.7. The van der Waals surface area contributed by atoms with Crippen LogP contribution in [-0.4, -0.2) is 54.0 Å². The van der Waals surface area contributed by atoms with Gasteiger partial charge in [0.15, 0.2) is 5.78 Å². The standard InChI is InChI=1S/C30H33N3O6/c1-20(24-14-9-15-25(16-24)27(35)23-12-7-4-8-13-23)28(36)31-17-26(34)18-32-29(37)21(2)33-30(38)39-19-22-10-5-3-6-11-22/h3-16,20-21,26,34H,17-19H2,1-2H3,(H,31,36)(H,32,37)(H,33,38)/t20?,21-,26?/m0/s1. The van der Waals surface area contributed by atoms with Gasteiger partial charge >= 0.3 is 6.09 Å². The van der Waals surface area contributed by atoms with E-state index in [0.29, 0.717) is 16.7 Å². The van der Waals surface area contributed by atoms with E-state index in [1.165, 1.54) is 6.92 Å². The van der Waals surface area contributed by atoms with Crippen molar-refractivity contribution < 1.29 is 29.0 Å². The molecule has 0 aromatic heterocycles. The SMILES string of the molecule is CC(C(=O)NCC(O)CNC(=O)[C@H](C)NC(=O)OCc1ccccc1)c1cccc(C(=O)c2ccccc2)c1. The zero-order chi connectivity index (χ0) is 28.2. The molecule has 0 saturated carbocycles. The Morgan fingerprint density at radius 2 is 1.36 bits per heavy atom. The summed E-state index contributed by atoms with van der Waals surface area (Å²) in [6.45, 7) is 3.06. The fourth-order valence-electron chi connectivity index (χ4n) is 3.68. The number of ketones is 1. The second kappa shape index (κ2) is 14.4. The number of ether oxygens (including phenoxy) is 1. The van der Waals surface area contributed by atoms with Crippen LogP contribution in [0.1, 0.15) is 46.8 Å². The Morgan fingerprint density at radius 3 is 2.03 bits per heavy atom. The molecule has 4 N–H and O–H groups in total. The fourth-order valence-corrected chi connectivity index (χ4v) is 3.68. The van der Waals surface area contributed by atoms with Gasteiger partial charge in [0.1, 0.15) is 12.6 Å². The maximum absolute atomic E-state index is 12.7. The monoisotopic (exact) mass is 531 g/mol. The van der Waals surface area contributed by atoms with Crippen LogP contribution in [0.4, 0.5) is 4.79 Å². The van der Waals surface area contributed by atoms with Gasteiger partial charge in [-0.3, -0.25) is 14.4 Å². The third kappa shape index (κ3) is 9.08. The van der Waals surface area contributed by atoms with Crippen LogP contribution in [0, 0.1) is 0 Å². The van der Waals surface area contributed by atoms with Crippen molar-refractivity contribution in [2.24, 2.45) is 0 Å². The average Bonchev–Trinajstić information content (AvgIpc) is 2.97. The molecule has 9 nitrogen and oxygen atoms in total. The molecular weight excluding hydrogens is 498 g/mol. The van der Waals surface area contributed by atoms with Gasteiger partial charge in [0.05, 0.1) is 12.0 Å². The smallest absolute Gasteiger partial charge is 0.408 e. The number of hydrogen-bond donors (Lipinski definition) is 4. The van der Waals surface area contributed by atoms with Crippen LogP contribution in [0.25, 0.3) is 0 Å². The van der Waals surface area contributed by atoms with Crippen LogP contribution < -0.4 is 16.0 Å². The Kier molecular flexibility index (Phi) is 10.8. The Labute approximate surface area is 227 Å². The van der Waals surface area contributed by atoms with Gasteiger partial charge in [0.25, 0.3) is 0 Å². The Bertz CT molecular complexity index is 1270. The molecule has 0 fully saturated rings. The number of nitrogens with one attached hydrogen (secondary N) is 3. The number of hydrogen-bond acceptors (Lipinski definition) is 6. The predicted molar refractivity (Wildman–Crippen MR) is 146 cm³/mol. The number of amides is 3. The number of aliphatic hydroxyl groups excluding tert-OH is 1. The van der Waals surface area contributed by atoms with Crippen LogP contribution in [0.2, 0.25) is 0 Å². The van der Waals surface area contributed by atoms with Crippen molar-refractivity contribution in [2.45, 2.75) is 38.5 Å². The first-order valence-electron chi connectivity index (χ1n) is 12.6. The van der Waals surface area contributed by atoms with E-state index in [1.807, 2.05) is 36.4 Å². The van der Waals surface area contributed by atoms with Crippen LogP contribution in [0.3, 0.4) is 0 Å². The number of aliphatic hydroxyl groups is 1. The van der Waals surface area contributed by atoms with E-state index < -0.39 is 30.1 Å². The molecule has 0 aliphatic rings. The third-order valence-corrected chi connectivity index (χ3v) is 6.04. The molecule has 0 bridgehead atoms. The van der Waals surface area contributed by atoms with Crippen molar-refractivity contribution in [1.82, 2.24) is 16.0 Å². The molecule has 3 atom stereocenters. The summed E-state index contributed by atoms with van der Waals surface area (Å²) in [7, 11) is 0. The molecule has 0 aliphatic carbocycles. The second-order valence-electron chi connectivity index (χ2n) is 9.11. The van der Waals surface area contributed by atoms with Crippen molar-refractivity contribution in [2.75, 3.05) is 13.1 Å². The first-order valence-corrected chi connectivity index (χ1v) is 12.6. The van der Waals surface area contributed by atoms with E-state index in [2.05, 4.69) is 16.0 Å². The number of carbonyl (C=O) groups excluding carboxylic acids is 4. The zero-order valence-corrected chi connectivity index (χ0v) is 21.9. The summed E-state index contributed by atoms with van der Waals surface area (Å²) in [6.07, 6.45) is -1.79.